The van der Waals surface area contributed by atoms with E-state index in [1.165, 1.54) is 18.2 Å². The van der Waals surface area contributed by atoms with Crippen LogP contribution in [0.3, 0.4) is 0 Å². The topological polar surface area (TPSA) is 103 Å². The van der Waals surface area contributed by atoms with Crippen LogP contribution in [0.2, 0.25) is 10.0 Å². The lowest BCUT2D eigenvalue weighted by Gasteiger charge is -2.27. The zero-order valence-corrected chi connectivity index (χ0v) is 22.3. The molecule has 1 aromatic heterocycles. The maximum atomic E-state index is 13.9. The Labute approximate surface area is 218 Å². The van der Waals surface area contributed by atoms with E-state index in [0.717, 1.165) is 4.31 Å². The minimum atomic E-state index is -4.30. The summed E-state index contributed by atoms with van der Waals surface area (Å²) in [5, 5.41) is 5.51. The van der Waals surface area contributed by atoms with Gasteiger partial charge in [-0.3, -0.25) is 9.10 Å². The normalized spacial score (nSPS) is 12.1. The first kappa shape index (κ1) is 25.9. The van der Waals surface area contributed by atoms with Crippen LogP contribution in [0.15, 0.2) is 64.0 Å². The molecule has 3 aromatic carbocycles. The number of sulfonamides is 1. The van der Waals surface area contributed by atoms with Gasteiger partial charge in [0.1, 0.15) is 12.1 Å². The lowest BCUT2D eigenvalue weighted by atomic mass is 10.0. The SMILES string of the molecule is Cc1nc(-c2cccc3c(N(CC(=O)OC(C)(C)C)S(=O)(=O)c4cc(Cl)cc(Cl)c4)cccc23)no1. The molecule has 0 bridgehead atoms. The summed E-state index contributed by atoms with van der Waals surface area (Å²) in [4.78, 5) is 17.0. The van der Waals surface area contributed by atoms with Gasteiger partial charge in [0.25, 0.3) is 10.0 Å². The number of esters is 1. The number of carbonyl (C=O) groups excluding carboxylic acids is 1. The molecule has 0 atom stereocenters. The van der Waals surface area contributed by atoms with Crippen molar-refractivity contribution in [3.8, 4) is 11.4 Å². The Bertz CT molecular complexity index is 1540. The lowest BCUT2D eigenvalue weighted by molar-refractivity contribution is -0.152. The van der Waals surface area contributed by atoms with Crippen molar-refractivity contribution in [1.82, 2.24) is 10.1 Å². The van der Waals surface area contributed by atoms with Gasteiger partial charge in [0, 0.05) is 27.9 Å². The van der Waals surface area contributed by atoms with Crippen molar-refractivity contribution in [2.75, 3.05) is 10.8 Å². The van der Waals surface area contributed by atoms with Crippen molar-refractivity contribution < 1.29 is 22.5 Å². The van der Waals surface area contributed by atoms with Crippen LogP contribution >= 0.6 is 23.2 Å². The number of aryl methyl sites for hydroxylation is 1. The van der Waals surface area contributed by atoms with E-state index in [1.807, 2.05) is 6.07 Å². The number of anilines is 1. The number of fused-ring (bicyclic) bond motifs is 1. The Hall–Kier alpha value is -3.14. The fraction of sp³-hybridized carbons (Fsp3) is 0.240. The zero-order chi connectivity index (χ0) is 26.3. The molecule has 0 saturated heterocycles. The van der Waals surface area contributed by atoms with Gasteiger partial charge in [0.2, 0.25) is 11.7 Å². The Kier molecular flexibility index (Phi) is 7.01. The van der Waals surface area contributed by atoms with Crippen LogP contribution in [0.5, 0.6) is 0 Å². The third-order valence-electron chi connectivity index (χ3n) is 5.05. The number of aromatic nitrogens is 2. The van der Waals surface area contributed by atoms with Gasteiger partial charge in [-0.1, -0.05) is 58.7 Å². The minimum Gasteiger partial charge on any atom is -0.459 e. The van der Waals surface area contributed by atoms with E-state index in [-0.39, 0.29) is 20.6 Å². The largest absolute Gasteiger partial charge is 0.459 e. The molecular weight excluding hydrogens is 525 g/mol. The molecule has 1 heterocycles. The Balaban J connectivity index is 1.92. The summed E-state index contributed by atoms with van der Waals surface area (Å²) in [5.74, 6) is 0.0321. The number of hydrogen-bond donors (Lipinski definition) is 0. The van der Waals surface area contributed by atoms with Crippen LogP contribution in [0.25, 0.3) is 22.2 Å². The number of rotatable bonds is 6. The summed E-state index contributed by atoms with van der Waals surface area (Å²) in [5.41, 5.74) is 0.0945. The predicted molar refractivity (Wildman–Crippen MR) is 139 cm³/mol. The molecule has 0 aliphatic rings. The lowest BCUT2D eigenvalue weighted by Crippen LogP contribution is -2.39. The third kappa shape index (κ3) is 5.48. The third-order valence-corrected chi connectivity index (χ3v) is 7.23. The first-order valence-electron chi connectivity index (χ1n) is 10.9. The number of ether oxygens (including phenoxy) is 1. The van der Waals surface area contributed by atoms with Gasteiger partial charge in [-0.2, -0.15) is 4.98 Å². The Morgan fingerprint density at radius 3 is 2.28 bits per heavy atom. The van der Waals surface area contributed by atoms with Crippen molar-refractivity contribution >= 4 is 55.7 Å². The van der Waals surface area contributed by atoms with Gasteiger partial charge in [0.05, 0.1) is 10.6 Å². The van der Waals surface area contributed by atoms with Gasteiger partial charge in [-0.25, -0.2) is 8.42 Å². The molecule has 0 spiro atoms. The number of benzene rings is 3. The Morgan fingerprint density at radius 1 is 1.03 bits per heavy atom. The summed E-state index contributed by atoms with van der Waals surface area (Å²) in [6, 6.07) is 14.4. The maximum absolute atomic E-state index is 13.9. The van der Waals surface area contributed by atoms with Crippen molar-refractivity contribution in [3.05, 3.63) is 70.5 Å². The Morgan fingerprint density at radius 2 is 1.67 bits per heavy atom. The van der Waals surface area contributed by atoms with Crippen LogP contribution < -0.4 is 4.31 Å². The highest BCUT2D eigenvalue weighted by atomic mass is 35.5. The molecule has 0 aliphatic carbocycles. The fourth-order valence-electron chi connectivity index (χ4n) is 3.71. The first-order chi connectivity index (χ1) is 16.8. The molecule has 36 heavy (non-hydrogen) atoms. The molecule has 0 N–H and O–H groups in total. The average molecular weight is 548 g/mol. The second-order valence-electron chi connectivity index (χ2n) is 9.02. The monoisotopic (exact) mass is 547 g/mol. The predicted octanol–water partition coefficient (Wildman–Crippen LogP) is 6.04. The molecule has 4 aromatic rings. The van der Waals surface area contributed by atoms with Gasteiger partial charge < -0.3 is 9.26 Å². The van der Waals surface area contributed by atoms with Gasteiger partial charge in [-0.05, 0) is 50.4 Å². The van der Waals surface area contributed by atoms with Crippen LogP contribution in [-0.2, 0) is 19.6 Å². The number of carbonyl (C=O) groups is 1. The van der Waals surface area contributed by atoms with Crippen molar-refractivity contribution in [2.24, 2.45) is 0 Å². The second-order valence-corrected chi connectivity index (χ2v) is 11.8. The average Bonchev–Trinajstić information content (AvgIpc) is 3.21. The molecule has 8 nitrogen and oxygen atoms in total. The molecule has 188 valence electrons. The van der Waals surface area contributed by atoms with E-state index >= 15 is 0 Å². The maximum Gasteiger partial charge on any atom is 0.327 e. The molecule has 4 rings (SSSR count). The van der Waals surface area contributed by atoms with Gasteiger partial charge in [-0.15, -0.1) is 0 Å². The van der Waals surface area contributed by atoms with Gasteiger partial charge in [0.15, 0.2) is 0 Å². The van der Waals surface area contributed by atoms with Crippen LogP contribution in [0.4, 0.5) is 5.69 Å². The number of nitrogens with zero attached hydrogens (tertiary/aromatic N) is 3. The van der Waals surface area contributed by atoms with Crippen LogP contribution in [-0.4, -0.2) is 36.7 Å². The second kappa shape index (κ2) is 9.72. The van der Waals surface area contributed by atoms with E-state index in [2.05, 4.69) is 10.1 Å². The zero-order valence-electron chi connectivity index (χ0n) is 20.0. The number of hydrogen-bond acceptors (Lipinski definition) is 7. The van der Waals surface area contributed by atoms with Crippen LogP contribution in [0.1, 0.15) is 26.7 Å². The van der Waals surface area contributed by atoms with E-state index in [1.54, 1.807) is 58.0 Å². The van der Waals surface area contributed by atoms with Crippen LogP contribution in [0, 0.1) is 6.92 Å². The van der Waals surface area contributed by atoms with Crippen molar-refractivity contribution in [3.63, 3.8) is 0 Å². The molecule has 0 fully saturated rings. The highest BCUT2D eigenvalue weighted by Crippen LogP contribution is 2.36. The minimum absolute atomic E-state index is 0.144. The van der Waals surface area contributed by atoms with E-state index in [0.29, 0.717) is 28.1 Å². The molecule has 11 heteroatoms. The molecule has 0 saturated carbocycles. The molecular formula is C25H23Cl2N3O5S. The van der Waals surface area contributed by atoms with Gasteiger partial charge >= 0.3 is 5.97 Å². The summed E-state index contributed by atoms with van der Waals surface area (Å²) in [6.45, 7) is 6.22. The highest BCUT2D eigenvalue weighted by molar-refractivity contribution is 7.93. The summed E-state index contributed by atoms with van der Waals surface area (Å²) in [6.07, 6.45) is 0. The summed E-state index contributed by atoms with van der Waals surface area (Å²) in [7, 11) is -4.30. The van der Waals surface area contributed by atoms with E-state index < -0.39 is 28.1 Å². The molecule has 0 aliphatic heterocycles. The van der Waals surface area contributed by atoms with Crippen molar-refractivity contribution in [1.29, 1.82) is 0 Å². The summed E-state index contributed by atoms with van der Waals surface area (Å²) < 4.78 is 39.4. The quantitative estimate of drug-likeness (QED) is 0.271. The first-order valence-corrected chi connectivity index (χ1v) is 13.1. The fourth-order valence-corrected chi connectivity index (χ4v) is 5.87. The smallest absolute Gasteiger partial charge is 0.327 e. The van der Waals surface area contributed by atoms with Crippen molar-refractivity contribution in [2.45, 2.75) is 38.2 Å². The molecule has 0 amide bonds. The number of halogens is 2. The highest BCUT2D eigenvalue weighted by Gasteiger charge is 2.31. The van der Waals surface area contributed by atoms with E-state index in [9.17, 15) is 13.2 Å². The molecule has 0 unspecified atom stereocenters. The molecule has 0 radical (unpaired) electrons. The summed E-state index contributed by atoms with van der Waals surface area (Å²) >= 11 is 12.2. The van der Waals surface area contributed by atoms with E-state index in [4.69, 9.17) is 32.5 Å². The standard InChI is InChI=1S/C25H23Cl2N3O5S/c1-15-28-24(29-35-15)21-9-5-8-20-19(21)7-6-10-22(20)30(14-23(31)34-25(2,3)4)36(32,33)18-12-16(26)11-17(27)13-18/h5-13H,14H2,1-4H3.